The first-order chi connectivity index (χ1) is 41.9. The first-order valence-electron chi connectivity index (χ1n) is 33.4. The van der Waals surface area contributed by atoms with Crippen molar-refractivity contribution in [2.24, 2.45) is 0 Å². The number of furan rings is 1. The van der Waals surface area contributed by atoms with Crippen LogP contribution in [0.15, 0.2) is 155 Å². The Kier molecular flexibility index (Phi) is 3.97. The van der Waals surface area contributed by atoms with Crippen LogP contribution in [0.4, 0.5) is 34.1 Å². The van der Waals surface area contributed by atoms with Gasteiger partial charge in [0.2, 0.25) is 0 Å². The molecular formula is C59H46BN3OS. The van der Waals surface area contributed by atoms with Gasteiger partial charge in [0.15, 0.2) is 0 Å². The fraction of sp³-hybridized carbons (Fsp3) is 0.153. The number of fused-ring (bicyclic) bond motifs is 14. The Hall–Kier alpha value is -7.02. The number of nitrogens with zero attached hydrogens (tertiary/aromatic N) is 3. The molecule has 312 valence electrons. The molecule has 0 atom stereocenters. The summed E-state index contributed by atoms with van der Waals surface area (Å²) in [6.45, 7) is 10.3. The van der Waals surface area contributed by atoms with E-state index in [4.69, 9.17) is 15.4 Å². The molecule has 65 heavy (non-hydrogen) atoms. The summed E-state index contributed by atoms with van der Waals surface area (Å²) in [5.41, 5.74) is -6.52. The predicted molar refractivity (Wildman–Crippen MR) is 279 cm³/mol. The maximum absolute atomic E-state index is 10.5. The quantitative estimate of drug-likeness (QED) is 0.162. The number of aromatic nitrogens is 1. The Balaban J connectivity index is 1.28. The largest absolute Gasteiger partial charge is 0.468 e. The maximum Gasteiger partial charge on any atom is 0.297 e. The topological polar surface area (TPSA) is 24.6 Å². The second-order valence-electron chi connectivity index (χ2n) is 18.6. The van der Waals surface area contributed by atoms with Crippen LogP contribution in [0, 0.1) is 6.92 Å². The summed E-state index contributed by atoms with van der Waals surface area (Å²) in [4.78, 5) is 2.64. The zero-order chi connectivity index (χ0) is 65.6. The zero-order valence-electron chi connectivity index (χ0n) is 60.7. The smallest absolute Gasteiger partial charge is 0.297 e. The third-order valence-electron chi connectivity index (χ3n) is 12.5. The number of hydrogen-bond acceptors (Lipinski definition) is 4. The van der Waals surface area contributed by atoms with E-state index < -0.39 is 178 Å². The lowest BCUT2D eigenvalue weighted by Crippen LogP contribution is -2.61. The van der Waals surface area contributed by atoms with Gasteiger partial charge in [-0.1, -0.05) is 126 Å². The van der Waals surface area contributed by atoms with E-state index >= 15 is 0 Å². The highest BCUT2D eigenvalue weighted by atomic mass is 32.1. The summed E-state index contributed by atoms with van der Waals surface area (Å²) < 4.78 is 247. The molecular weight excluding hydrogens is 810 g/mol. The van der Waals surface area contributed by atoms with Crippen molar-refractivity contribution in [2.45, 2.75) is 59.3 Å². The van der Waals surface area contributed by atoms with E-state index in [-0.39, 0.29) is 128 Å². The van der Waals surface area contributed by atoms with Crippen LogP contribution >= 0.6 is 11.3 Å². The van der Waals surface area contributed by atoms with E-state index in [2.05, 4.69) is 0 Å². The van der Waals surface area contributed by atoms with Gasteiger partial charge < -0.3 is 18.8 Å². The highest BCUT2D eigenvalue weighted by molar-refractivity contribution is 7.26. The normalized spacial score (nSPS) is 19.4. The molecule has 3 aromatic heterocycles. The Morgan fingerprint density at radius 3 is 2.05 bits per heavy atom. The molecule has 4 nitrogen and oxygen atoms in total. The molecule has 14 rings (SSSR count). The first-order valence-corrected chi connectivity index (χ1v) is 21.8. The fourth-order valence-corrected chi connectivity index (χ4v) is 10.6. The highest BCUT2D eigenvalue weighted by Crippen LogP contribution is 2.55. The molecule has 0 fully saturated rings. The van der Waals surface area contributed by atoms with Crippen molar-refractivity contribution < 1.29 is 38.7 Å². The number of anilines is 6. The number of para-hydroxylation sites is 1. The van der Waals surface area contributed by atoms with Crippen molar-refractivity contribution in [3.63, 3.8) is 0 Å². The minimum Gasteiger partial charge on any atom is -0.468 e. The maximum atomic E-state index is 10.5. The third kappa shape index (κ3) is 4.98. The molecule has 3 aliphatic heterocycles. The molecule has 0 spiro atoms. The molecule has 0 saturated heterocycles. The minimum atomic E-state index is -1.73. The molecule has 0 radical (unpaired) electrons. The van der Waals surface area contributed by atoms with Crippen LogP contribution in [-0.2, 0) is 10.8 Å². The number of thiophene rings is 1. The average Bonchev–Trinajstić information content (AvgIpc) is 1.28. The van der Waals surface area contributed by atoms with Crippen LogP contribution in [0.5, 0.6) is 0 Å². The molecule has 0 saturated carbocycles. The Morgan fingerprint density at radius 2 is 1.25 bits per heavy atom. The van der Waals surface area contributed by atoms with Gasteiger partial charge in [-0.3, -0.25) is 0 Å². The van der Waals surface area contributed by atoms with Crippen molar-refractivity contribution >= 4 is 122 Å². The van der Waals surface area contributed by atoms with Crippen molar-refractivity contribution in [3.8, 4) is 16.8 Å². The summed E-state index contributed by atoms with van der Waals surface area (Å²) in [6, 6.07) is -15.9. The molecule has 6 heterocycles. The van der Waals surface area contributed by atoms with Gasteiger partial charge in [0.1, 0.15) is 5.58 Å². The van der Waals surface area contributed by atoms with Crippen LogP contribution < -0.4 is 26.4 Å². The van der Waals surface area contributed by atoms with Gasteiger partial charge in [0.05, 0.1) is 84.1 Å². The van der Waals surface area contributed by atoms with Crippen LogP contribution in [0.1, 0.15) is 92.5 Å². The van der Waals surface area contributed by atoms with Gasteiger partial charge in [-0.05, 0) is 123 Å². The molecule has 8 aromatic carbocycles. The SMILES string of the molecule is [2H]c1c([2H])c([2H])c(-c2c([2H])c([2H])c3oc4c(c3c2[2H])N(c2c([2H])c([2H])c([2H])c3c2sc2c([2H])c([2H])c([2H])c([2H])c23)c2c([2H])c(C)c([2H])c3c2B4c2c([2H])c([2H])c([2H])c4c2N3c2c([2H])c(C(C)(C)C)c([2H])c3c5c([2H])c(C(C)(C)C)c([2H])c([2H])c5n-4c23)c([2H])c1[2H]. The van der Waals surface area contributed by atoms with E-state index in [1.807, 2.05) is 0 Å². The van der Waals surface area contributed by atoms with Gasteiger partial charge in [0.25, 0.3) is 6.71 Å². The predicted octanol–water partition coefficient (Wildman–Crippen LogP) is 14.9. The molecule has 0 aliphatic carbocycles. The van der Waals surface area contributed by atoms with E-state index in [0.29, 0.717) is 11.3 Å². The fourth-order valence-electron chi connectivity index (χ4n) is 9.55. The van der Waals surface area contributed by atoms with E-state index in [9.17, 15) is 23.3 Å². The lowest BCUT2D eigenvalue weighted by molar-refractivity contribution is 0.590. The number of benzene rings is 8. The number of rotatable bonds is 2. The van der Waals surface area contributed by atoms with Gasteiger partial charge in [0, 0.05) is 43.0 Å². The van der Waals surface area contributed by atoms with Crippen LogP contribution in [0.3, 0.4) is 0 Å². The lowest BCUT2D eigenvalue weighted by atomic mass is 9.35. The second-order valence-corrected chi connectivity index (χ2v) is 19.6. The second kappa shape index (κ2) is 12.6. The van der Waals surface area contributed by atoms with Gasteiger partial charge in [-0.25, -0.2) is 0 Å². The monoisotopic (exact) mass is 881 g/mol. The first kappa shape index (κ1) is 20.4. The molecule has 6 heteroatoms. The summed E-state index contributed by atoms with van der Waals surface area (Å²) >= 11 is 0.707. The van der Waals surface area contributed by atoms with Crippen molar-refractivity contribution in [3.05, 3.63) is 168 Å². The Labute approximate surface area is 418 Å². The van der Waals surface area contributed by atoms with Crippen LogP contribution in [0.25, 0.3) is 69.8 Å². The molecule has 11 aromatic rings. The van der Waals surface area contributed by atoms with Gasteiger partial charge in [-0.2, -0.15) is 0 Å². The van der Waals surface area contributed by atoms with Crippen LogP contribution in [0.2, 0.25) is 0 Å². The molecule has 0 unspecified atom stereocenters. The highest BCUT2D eigenvalue weighted by Gasteiger charge is 2.49. The van der Waals surface area contributed by atoms with E-state index in [1.54, 1.807) is 41.5 Å². The average molecular weight is 881 g/mol. The minimum absolute atomic E-state index is 0.00615. The Bertz CT molecular complexity index is 5360. The molecule has 0 bridgehead atoms. The van der Waals surface area contributed by atoms with E-state index in [0.717, 1.165) is 0 Å². The lowest BCUT2D eigenvalue weighted by Gasteiger charge is -2.45. The molecule has 3 aliphatic rings. The van der Waals surface area contributed by atoms with Crippen molar-refractivity contribution in [2.75, 3.05) is 9.80 Å². The van der Waals surface area contributed by atoms with Crippen LogP contribution in [-0.4, -0.2) is 11.3 Å². The van der Waals surface area contributed by atoms with Gasteiger partial charge >= 0.3 is 0 Å². The van der Waals surface area contributed by atoms with Crippen molar-refractivity contribution in [1.29, 1.82) is 0 Å². The Morgan fingerprint density at radius 1 is 0.538 bits per heavy atom. The summed E-state index contributed by atoms with van der Waals surface area (Å²) in [5, 5.41) is -0.871. The molecule has 0 amide bonds. The molecule has 0 N–H and O–H groups in total. The summed E-state index contributed by atoms with van der Waals surface area (Å²) in [7, 11) is 0. The summed E-state index contributed by atoms with van der Waals surface area (Å²) in [6.07, 6.45) is 0. The van der Waals surface area contributed by atoms with E-state index in [1.165, 1.54) is 21.3 Å². The van der Waals surface area contributed by atoms with Crippen molar-refractivity contribution in [1.82, 2.24) is 4.57 Å². The standard InChI is InChI=1S/C59H46BN3OS/c1-33-27-47-52-48(28-33)63-49-32-37(59(5,6)7)31-41-40-30-36(58(2,3)4)24-25-44(40)61(53(41)49)45-20-14-19-43(55(45)63)60(52)57-54(42-29-35(23-26-50(42)64-57)34-15-9-8-10-16-34)62(47)46-21-13-18-39-38-17-11-12-22-51(38)65-56(39)46/h8-32H,1-7H3/i8D,9D,10D,11D,12D,13D,14D,15D,16D,17D,18D,19D,20D,21D,22D,23D,24D,25D,26D,27D,28D,29D,30D,31D,32D. The zero-order valence-corrected chi connectivity index (χ0v) is 36.6. The summed E-state index contributed by atoms with van der Waals surface area (Å²) in [5.74, 6) is 0. The third-order valence-corrected chi connectivity index (χ3v) is 13.6. The van der Waals surface area contributed by atoms with Gasteiger partial charge in [-0.15, -0.1) is 11.3 Å². The number of hydrogen-bond donors (Lipinski definition) is 0.